The molecule has 1 atom stereocenters. The Labute approximate surface area is 166 Å². The van der Waals surface area contributed by atoms with E-state index in [4.69, 9.17) is 16.3 Å². The standard InChI is InChI=1S/C19H29ClN6O/c1-4-5-17(19-21-22-23-26(19)12-13-27-3)24-8-10-25(11-9-24)18-14-16(20)7-6-15(18)2/h6-7,14,17H,4-5,8-13H2,1-3H3/t17-/m0/s1. The lowest BCUT2D eigenvalue weighted by Gasteiger charge is -2.40. The Kier molecular flexibility index (Phi) is 7.04. The van der Waals surface area contributed by atoms with Crippen LogP contribution in [0.25, 0.3) is 0 Å². The number of aromatic nitrogens is 4. The third-order valence-corrected chi connectivity index (χ3v) is 5.43. The van der Waals surface area contributed by atoms with Crippen LogP contribution < -0.4 is 4.90 Å². The molecule has 2 aromatic rings. The van der Waals surface area contributed by atoms with Crippen LogP contribution in [0.2, 0.25) is 5.02 Å². The van der Waals surface area contributed by atoms with E-state index in [-0.39, 0.29) is 6.04 Å². The monoisotopic (exact) mass is 392 g/mol. The van der Waals surface area contributed by atoms with Crippen molar-refractivity contribution in [1.82, 2.24) is 25.1 Å². The Morgan fingerprint density at radius 2 is 2.00 bits per heavy atom. The summed E-state index contributed by atoms with van der Waals surface area (Å²) in [6.45, 7) is 9.55. The molecule has 0 bridgehead atoms. The second kappa shape index (κ2) is 9.48. The van der Waals surface area contributed by atoms with Crippen molar-refractivity contribution in [1.29, 1.82) is 0 Å². The van der Waals surface area contributed by atoms with Gasteiger partial charge in [-0.3, -0.25) is 4.90 Å². The number of rotatable bonds is 8. The molecule has 0 spiro atoms. The fraction of sp³-hybridized carbons (Fsp3) is 0.632. The van der Waals surface area contributed by atoms with E-state index >= 15 is 0 Å². The molecular weight excluding hydrogens is 364 g/mol. The van der Waals surface area contributed by atoms with Crippen LogP contribution in [-0.2, 0) is 11.3 Å². The maximum Gasteiger partial charge on any atom is 0.168 e. The fourth-order valence-electron chi connectivity index (χ4n) is 3.73. The first-order valence-electron chi connectivity index (χ1n) is 9.64. The largest absolute Gasteiger partial charge is 0.383 e. The van der Waals surface area contributed by atoms with E-state index in [1.54, 1.807) is 7.11 Å². The van der Waals surface area contributed by atoms with Crippen molar-refractivity contribution in [3.8, 4) is 0 Å². The lowest BCUT2D eigenvalue weighted by Crippen LogP contribution is -2.48. The molecule has 3 rings (SSSR count). The van der Waals surface area contributed by atoms with Gasteiger partial charge in [-0.1, -0.05) is 31.0 Å². The van der Waals surface area contributed by atoms with E-state index in [1.165, 1.54) is 11.3 Å². The Hall–Kier alpha value is -1.70. The second-order valence-corrected chi connectivity index (χ2v) is 7.45. The molecule has 1 aliphatic rings. The summed E-state index contributed by atoms with van der Waals surface area (Å²) in [4.78, 5) is 4.93. The van der Waals surface area contributed by atoms with Gasteiger partial charge in [0.15, 0.2) is 5.82 Å². The molecule has 8 heteroatoms. The number of hydrogen-bond donors (Lipinski definition) is 0. The van der Waals surface area contributed by atoms with Crippen molar-refractivity contribution in [2.45, 2.75) is 39.3 Å². The highest BCUT2D eigenvalue weighted by Crippen LogP contribution is 2.29. The number of piperazine rings is 1. The van der Waals surface area contributed by atoms with Crippen LogP contribution in [-0.4, -0.2) is 65.0 Å². The lowest BCUT2D eigenvalue weighted by molar-refractivity contribution is 0.153. The number of hydrogen-bond acceptors (Lipinski definition) is 6. The number of anilines is 1. The number of tetrazole rings is 1. The normalized spacial score (nSPS) is 16.7. The molecule has 1 aliphatic heterocycles. The van der Waals surface area contributed by atoms with E-state index < -0.39 is 0 Å². The van der Waals surface area contributed by atoms with Crippen molar-refractivity contribution in [2.75, 3.05) is 44.8 Å². The molecule has 0 radical (unpaired) electrons. The van der Waals surface area contributed by atoms with Gasteiger partial charge in [0.1, 0.15) is 0 Å². The van der Waals surface area contributed by atoms with Crippen molar-refractivity contribution in [3.63, 3.8) is 0 Å². The Morgan fingerprint density at radius 1 is 1.22 bits per heavy atom. The average Bonchev–Trinajstić information content (AvgIpc) is 3.15. The summed E-state index contributed by atoms with van der Waals surface area (Å²) in [5.74, 6) is 0.946. The van der Waals surface area contributed by atoms with E-state index in [0.717, 1.165) is 49.9 Å². The maximum atomic E-state index is 6.21. The molecule has 1 saturated heterocycles. The summed E-state index contributed by atoms with van der Waals surface area (Å²) < 4.78 is 7.08. The van der Waals surface area contributed by atoms with Gasteiger partial charge in [-0.15, -0.1) is 5.10 Å². The first-order valence-corrected chi connectivity index (χ1v) is 10.0. The minimum absolute atomic E-state index is 0.240. The van der Waals surface area contributed by atoms with E-state index in [1.807, 2.05) is 10.7 Å². The highest BCUT2D eigenvalue weighted by atomic mass is 35.5. The quantitative estimate of drug-likeness (QED) is 0.688. The summed E-state index contributed by atoms with van der Waals surface area (Å²) in [5, 5.41) is 13.2. The summed E-state index contributed by atoms with van der Waals surface area (Å²) >= 11 is 6.21. The third-order valence-electron chi connectivity index (χ3n) is 5.19. The number of benzene rings is 1. The van der Waals surface area contributed by atoms with Crippen LogP contribution in [0.5, 0.6) is 0 Å². The van der Waals surface area contributed by atoms with Gasteiger partial charge in [-0.25, -0.2) is 4.68 Å². The van der Waals surface area contributed by atoms with Gasteiger partial charge in [0.05, 0.1) is 19.2 Å². The zero-order valence-corrected chi connectivity index (χ0v) is 17.2. The molecule has 7 nitrogen and oxygen atoms in total. The molecular formula is C19H29ClN6O. The predicted molar refractivity (Wildman–Crippen MR) is 107 cm³/mol. The summed E-state index contributed by atoms with van der Waals surface area (Å²) in [7, 11) is 1.70. The summed E-state index contributed by atoms with van der Waals surface area (Å²) in [6.07, 6.45) is 2.14. The molecule has 1 aromatic heterocycles. The SMILES string of the molecule is CCC[C@@H](c1nnnn1CCOC)N1CCN(c2cc(Cl)ccc2C)CC1. The zero-order valence-electron chi connectivity index (χ0n) is 16.4. The van der Waals surface area contributed by atoms with Gasteiger partial charge in [-0.2, -0.15) is 0 Å². The molecule has 0 N–H and O–H groups in total. The molecule has 2 heterocycles. The zero-order chi connectivity index (χ0) is 19.2. The Balaban J connectivity index is 1.70. The minimum atomic E-state index is 0.240. The van der Waals surface area contributed by atoms with Crippen molar-refractivity contribution in [3.05, 3.63) is 34.6 Å². The summed E-state index contributed by atoms with van der Waals surface area (Å²) in [5.41, 5.74) is 2.50. The highest BCUT2D eigenvalue weighted by molar-refractivity contribution is 6.30. The van der Waals surface area contributed by atoms with Gasteiger partial charge in [0, 0.05) is 44.0 Å². The van der Waals surface area contributed by atoms with E-state index in [2.05, 4.69) is 51.3 Å². The molecule has 1 fully saturated rings. The molecule has 0 amide bonds. The number of aryl methyl sites for hydroxylation is 1. The Morgan fingerprint density at radius 3 is 2.70 bits per heavy atom. The van der Waals surface area contributed by atoms with Crippen LogP contribution >= 0.6 is 11.6 Å². The van der Waals surface area contributed by atoms with Crippen molar-refractivity contribution in [2.24, 2.45) is 0 Å². The van der Waals surface area contributed by atoms with Crippen LogP contribution in [0.3, 0.4) is 0 Å². The molecule has 0 saturated carbocycles. The van der Waals surface area contributed by atoms with Gasteiger partial charge < -0.3 is 9.64 Å². The van der Waals surface area contributed by atoms with Gasteiger partial charge in [0.25, 0.3) is 0 Å². The van der Waals surface area contributed by atoms with E-state index in [0.29, 0.717) is 13.2 Å². The predicted octanol–water partition coefficient (Wildman–Crippen LogP) is 2.94. The lowest BCUT2D eigenvalue weighted by atomic mass is 10.1. The molecule has 1 aromatic carbocycles. The first-order chi connectivity index (χ1) is 13.1. The molecule has 0 aliphatic carbocycles. The van der Waals surface area contributed by atoms with Crippen LogP contribution in [0.4, 0.5) is 5.69 Å². The van der Waals surface area contributed by atoms with Gasteiger partial charge in [0.2, 0.25) is 0 Å². The first kappa shape index (κ1) is 20.0. The summed E-state index contributed by atoms with van der Waals surface area (Å²) in [6, 6.07) is 6.35. The van der Waals surface area contributed by atoms with Crippen LogP contribution in [0.15, 0.2) is 18.2 Å². The van der Waals surface area contributed by atoms with Crippen LogP contribution in [0, 0.1) is 6.92 Å². The minimum Gasteiger partial charge on any atom is -0.383 e. The number of methoxy groups -OCH3 is 1. The smallest absolute Gasteiger partial charge is 0.168 e. The van der Waals surface area contributed by atoms with Crippen LogP contribution in [0.1, 0.15) is 37.2 Å². The molecule has 0 unspecified atom stereocenters. The maximum absolute atomic E-state index is 6.21. The fourth-order valence-corrected chi connectivity index (χ4v) is 3.90. The number of ether oxygens (including phenoxy) is 1. The topological polar surface area (TPSA) is 59.3 Å². The average molecular weight is 393 g/mol. The Bertz CT molecular complexity index is 729. The third kappa shape index (κ3) is 4.78. The van der Waals surface area contributed by atoms with Crippen molar-refractivity contribution >= 4 is 17.3 Å². The van der Waals surface area contributed by atoms with E-state index in [9.17, 15) is 0 Å². The second-order valence-electron chi connectivity index (χ2n) is 7.01. The highest BCUT2D eigenvalue weighted by Gasteiger charge is 2.29. The number of halogens is 1. The van der Waals surface area contributed by atoms with Gasteiger partial charge >= 0.3 is 0 Å². The molecule has 148 valence electrons. The van der Waals surface area contributed by atoms with Crippen molar-refractivity contribution < 1.29 is 4.74 Å². The number of nitrogens with zero attached hydrogens (tertiary/aromatic N) is 6. The molecule has 27 heavy (non-hydrogen) atoms. The van der Waals surface area contributed by atoms with Gasteiger partial charge in [-0.05, 0) is 41.5 Å².